The Labute approximate surface area is 155 Å². The van der Waals surface area contributed by atoms with Crippen LogP contribution >= 0.6 is 23.2 Å². The van der Waals surface area contributed by atoms with Crippen molar-refractivity contribution in [2.75, 3.05) is 10.6 Å². The number of hydrogen-bond donors (Lipinski definition) is 2. The number of aromatic nitrogens is 2. The Bertz CT molecular complexity index is 896. The quantitative estimate of drug-likeness (QED) is 0.669. The van der Waals surface area contributed by atoms with Crippen LogP contribution in [0.3, 0.4) is 0 Å². The second-order valence-corrected chi connectivity index (χ2v) is 6.18. The van der Waals surface area contributed by atoms with E-state index in [4.69, 9.17) is 23.2 Å². The molecule has 0 aliphatic heterocycles. The molecule has 0 unspecified atom stereocenters. The van der Waals surface area contributed by atoms with Crippen molar-refractivity contribution in [1.29, 1.82) is 0 Å². The minimum atomic E-state index is -0.347. The van der Waals surface area contributed by atoms with Crippen molar-refractivity contribution in [2.45, 2.75) is 6.92 Å². The van der Waals surface area contributed by atoms with Crippen molar-refractivity contribution in [3.8, 4) is 0 Å². The molecule has 0 atom stereocenters. The van der Waals surface area contributed by atoms with Crippen molar-refractivity contribution in [1.82, 2.24) is 9.97 Å². The van der Waals surface area contributed by atoms with Gasteiger partial charge in [0, 0.05) is 21.4 Å². The molecule has 25 heavy (non-hydrogen) atoms. The predicted molar refractivity (Wildman–Crippen MR) is 101 cm³/mol. The second kappa shape index (κ2) is 7.51. The Morgan fingerprint density at radius 2 is 1.68 bits per heavy atom. The van der Waals surface area contributed by atoms with Gasteiger partial charge in [-0.05, 0) is 48.9 Å². The van der Waals surface area contributed by atoms with Crippen LogP contribution in [0.25, 0.3) is 0 Å². The van der Waals surface area contributed by atoms with Gasteiger partial charge in [0.1, 0.15) is 11.5 Å². The number of nitrogens with one attached hydrogen (secondary N) is 2. The SMILES string of the molecule is Cc1ccc(Nc2cnc(C(=O)Nc3ccc(Cl)cc3)cn2)cc1Cl. The van der Waals surface area contributed by atoms with Gasteiger partial charge >= 0.3 is 0 Å². The van der Waals surface area contributed by atoms with Crippen LogP contribution in [-0.4, -0.2) is 15.9 Å². The van der Waals surface area contributed by atoms with Crippen LogP contribution in [0.5, 0.6) is 0 Å². The summed E-state index contributed by atoms with van der Waals surface area (Å²) >= 11 is 11.9. The van der Waals surface area contributed by atoms with Gasteiger partial charge in [-0.15, -0.1) is 0 Å². The smallest absolute Gasteiger partial charge is 0.275 e. The van der Waals surface area contributed by atoms with Gasteiger partial charge in [0.05, 0.1) is 12.4 Å². The number of amides is 1. The van der Waals surface area contributed by atoms with Gasteiger partial charge in [0.15, 0.2) is 0 Å². The number of halogens is 2. The third kappa shape index (κ3) is 4.47. The summed E-state index contributed by atoms with van der Waals surface area (Å²) in [6, 6.07) is 12.4. The lowest BCUT2D eigenvalue weighted by Gasteiger charge is -2.08. The molecule has 0 spiro atoms. The molecule has 2 N–H and O–H groups in total. The van der Waals surface area contributed by atoms with Gasteiger partial charge in [-0.25, -0.2) is 9.97 Å². The summed E-state index contributed by atoms with van der Waals surface area (Å²) in [5, 5.41) is 7.09. The standard InChI is InChI=1S/C18H14Cl2N4O/c1-11-2-5-14(8-15(11)20)23-17-10-21-16(9-22-17)18(25)24-13-6-3-12(19)4-7-13/h2-10H,1H3,(H,22,23)(H,24,25). The fourth-order valence-electron chi connectivity index (χ4n) is 2.06. The molecule has 1 aromatic heterocycles. The van der Waals surface area contributed by atoms with Gasteiger partial charge in [-0.3, -0.25) is 4.79 Å². The van der Waals surface area contributed by atoms with Crippen LogP contribution in [0.1, 0.15) is 16.1 Å². The second-order valence-electron chi connectivity index (χ2n) is 5.34. The first-order valence-corrected chi connectivity index (χ1v) is 8.19. The highest BCUT2D eigenvalue weighted by molar-refractivity contribution is 6.31. The van der Waals surface area contributed by atoms with E-state index in [1.54, 1.807) is 30.3 Å². The molecule has 0 aliphatic rings. The van der Waals surface area contributed by atoms with Gasteiger partial charge in [0.2, 0.25) is 0 Å². The molecule has 3 aromatic rings. The van der Waals surface area contributed by atoms with Crippen molar-refractivity contribution in [3.05, 3.63) is 76.2 Å². The first-order chi connectivity index (χ1) is 12.0. The van der Waals surface area contributed by atoms with E-state index in [0.29, 0.717) is 21.6 Å². The van der Waals surface area contributed by atoms with Gasteiger partial charge in [-0.1, -0.05) is 29.3 Å². The maximum Gasteiger partial charge on any atom is 0.275 e. The van der Waals surface area contributed by atoms with Crippen molar-refractivity contribution in [3.63, 3.8) is 0 Å². The minimum absolute atomic E-state index is 0.211. The summed E-state index contributed by atoms with van der Waals surface area (Å²) in [5.41, 5.74) is 2.63. The fraction of sp³-hybridized carbons (Fsp3) is 0.0556. The average molecular weight is 373 g/mol. The van der Waals surface area contributed by atoms with Crippen LogP contribution in [-0.2, 0) is 0 Å². The Hall–Kier alpha value is -2.63. The molecule has 0 saturated heterocycles. The zero-order valence-corrected chi connectivity index (χ0v) is 14.8. The molecular weight excluding hydrogens is 359 g/mol. The van der Waals surface area contributed by atoms with E-state index in [-0.39, 0.29) is 11.6 Å². The third-order valence-electron chi connectivity index (χ3n) is 3.43. The molecule has 2 aromatic carbocycles. The van der Waals surface area contributed by atoms with E-state index in [0.717, 1.165) is 11.3 Å². The molecule has 0 aliphatic carbocycles. The Morgan fingerprint density at radius 3 is 2.32 bits per heavy atom. The van der Waals surface area contributed by atoms with Crippen molar-refractivity contribution in [2.24, 2.45) is 0 Å². The Kier molecular flexibility index (Phi) is 5.16. The number of anilines is 3. The van der Waals surface area contributed by atoms with Gasteiger partial charge < -0.3 is 10.6 Å². The Morgan fingerprint density at radius 1 is 0.960 bits per heavy atom. The van der Waals surface area contributed by atoms with Crippen LogP contribution in [0.4, 0.5) is 17.2 Å². The number of hydrogen-bond acceptors (Lipinski definition) is 4. The zero-order chi connectivity index (χ0) is 17.8. The average Bonchev–Trinajstić information content (AvgIpc) is 2.61. The van der Waals surface area contributed by atoms with Crippen molar-refractivity contribution >= 4 is 46.3 Å². The summed E-state index contributed by atoms with van der Waals surface area (Å²) < 4.78 is 0. The van der Waals surface area contributed by atoms with Crippen molar-refractivity contribution < 1.29 is 4.79 Å². The number of carbonyl (C=O) groups excluding carboxylic acids is 1. The zero-order valence-electron chi connectivity index (χ0n) is 13.3. The first-order valence-electron chi connectivity index (χ1n) is 7.43. The summed E-state index contributed by atoms with van der Waals surface area (Å²) in [7, 11) is 0. The predicted octanol–water partition coefficient (Wildman–Crippen LogP) is 5.09. The monoisotopic (exact) mass is 372 g/mol. The molecule has 3 rings (SSSR count). The van der Waals surface area contributed by atoms with Crippen LogP contribution in [0.2, 0.25) is 10.0 Å². The number of nitrogens with zero attached hydrogens (tertiary/aromatic N) is 2. The molecule has 1 heterocycles. The van der Waals surface area contributed by atoms with E-state index in [2.05, 4.69) is 20.6 Å². The lowest BCUT2D eigenvalue weighted by atomic mass is 10.2. The first kappa shape index (κ1) is 17.2. The molecule has 1 amide bonds. The number of benzene rings is 2. The van der Waals surface area contributed by atoms with E-state index < -0.39 is 0 Å². The topological polar surface area (TPSA) is 66.9 Å². The largest absolute Gasteiger partial charge is 0.339 e. The lowest BCUT2D eigenvalue weighted by molar-refractivity contribution is 0.102. The highest BCUT2D eigenvalue weighted by atomic mass is 35.5. The molecule has 0 saturated carbocycles. The number of aryl methyl sites for hydroxylation is 1. The maximum atomic E-state index is 12.2. The van der Waals surface area contributed by atoms with Gasteiger partial charge in [-0.2, -0.15) is 0 Å². The summed E-state index contributed by atoms with van der Waals surface area (Å²) in [6.45, 7) is 1.93. The van der Waals surface area contributed by atoms with E-state index in [1.165, 1.54) is 12.4 Å². The lowest BCUT2D eigenvalue weighted by Crippen LogP contribution is -2.14. The third-order valence-corrected chi connectivity index (χ3v) is 4.09. The van der Waals surface area contributed by atoms with E-state index in [9.17, 15) is 4.79 Å². The number of rotatable bonds is 4. The fourth-order valence-corrected chi connectivity index (χ4v) is 2.36. The molecule has 7 heteroatoms. The Balaban J connectivity index is 1.67. The molecule has 0 bridgehead atoms. The van der Waals surface area contributed by atoms with Crippen LogP contribution < -0.4 is 10.6 Å². The van der Waals surface area contributed by atoms with E-state index in [1.807, 2.05) is 19.1 Å². The molecular formula is C18H14Cl2N4O. The molecule has 0 fully saturated rings. The minimum Gasteiger partial charge on any atom is -0.339 e. The van der Waals surface area contributed by atoms with Crippen LogP contribution in [0, 0.1) is 6.92 Å². The molecule has 126 valence electrons. The maximum absolute atomic E-state index is 12.2. The van der Waals surface area contributed by atoms with Crippen LogP contribution in [0.15, 0.2) is 54.9 Å². The van der Waals surface area contributed by atoms with E-state index >= 15 is 0 Å². The molecule has 5 nitrogen and oxygen atoms in total. The summed E-state index contributed by atoms with van der Waals surface area (Å²) in [5.74, 6) is 0.169. The van der Waals surface area contributed by atoms with Gasteiger partial charge in [0.25, 0.3) is 5.91 Å². The summed E-state index contributed by atoms with van der Waals surface area (Å²) in [6.07, 6.45) is 2.90. The highest BCUT2D eigenvalue weighted by Gasteiger charge is 2.09. The highest BCUT2D eigenvalue weighted by Crippen LogP contribution is 2.22. The summed E-state index contributed by atoms with van der Waals surface area (Å²) in [4.78, 5) is 20.5. The molecule has 0 radical (unpaired) electrons. The number of carbonyl (C=O) groups is 1. The normalized spacial score (nSPS) is 10.4.